The fourth-order valence-corrected chi connectivity index (χ4v) is 5.20. The predicted molar refractivity (Wildman–Crippen MR) is 199 cm³/mol. The second kappa shape index (κ2) is 34.2. The van der Waals surface area contributed by atoms with Crippen molar-refractivity contribution >= 4 is 19.8 Å². The number of phosphoric acid groups is 1. The van der Waals surface area contributed by atoms with E-state index in [4.69, 9.17) is 19.3 Å². The minimum absolute atomic E-state index is 0.115. The normalized spacial score (nSPS) is 13.8. The number of phosphoric ester groups is 1. The van der Waals surface area contributed by atoms with Crippen molar-refractivity contribution in [2.45, 2.75) is 161 Å². The summed E-state index contributed by atoms with van der Waals surface area (Å²) in [6.45, 7) is 3.38. The Morgan fingerprint density at radius 3 is 1.82 bits per heavy atom. The molecule has 282 valence electrons. The van der Waals surface area contributed by atoms with E-state index in [9.17, 15) is 19.3 Å². The van der Waals surface area contributed by atoms with E-state index >= 15 is 0 Å². The highest BCUT2D eigenvalue weighted by molar-refractivity contribution is 7.46. The third-order valence-corrected chi connectivity index (χ3v) is 8.11. The minimum Gasteiger partial charge on any atom is -0.462 e. The first-order chi connectivity index (χ1) is 23.7. The quantitative estimate of drug-likeness (QED) is 0.0200. The van der Waals surface area contributed by atoms with Gasteiger partial charge in [-0.05, 0) is 44.9 Å². The number of unbranched alkanes of at least 4 members (excludes halogenated alkanes) is 13. The zero-order chi connectivity index (χ0) is 36.3. The first-order valence-electron chi connectivity index (χ1n) is 18.7. The largest absolute Gasteiger partial charge is 0.469 e. The summed E-state index contributed by atoms with van der Waals surface area (Å²) >= 11 is 0. The molecule has 0 saturated heterocycles. The molecule has 0 aliphatic rings. The van der Waals surface area contributed by atoms with Gasteiger partial charge in [0, 0.05) is 12.8 Å². The smallest absolute Gasteiger partial charge is 0.462 e. The van der Waals surface area contributed by atoms with Crippen molar-refractivity contribution in [1.29, 1.82) is 0 Å². The van der Waals surface area contributed by atoms with Gasteiger partial charge in [-0.3, -0.25) is 14.1 Å². The molecule has 2 atom stereocenters. The van der Waals surface area contributed by atoms with Crippen LogP contribution in [0.4, 0.5) is 0 Å². The molecule has 3 N–H and O–H groups in total. The summed E-state index contributed by atoms with van der Waals surface area (Å²) in [6, 6.07) is 0. The Morgan fingerprint density at radius 1 is 0.653 bits per heavy atom. The molecule has 10 heteroatoms. The van der Waals surface area contributed by atoms with E-state index in [2.05, 4.69) is 23.6 Å². The monoisotopic (exact) mass is 710 g/mol. The van der Waals surface area contributed by atoms with Gasteiger partial charge in [0.1, 0.15) is 6.61 Å². The van der Waals surface area contributed by atoms with Crippen LogP contribution in [0.3, 0.4) is 0 Å². The number of aliphatic hydroxyl groups excluding tert-OH is 1. The molecule has 0 radical (unpaired) electrons. The van der Waals surface area contributed by atoms with Gasteiger partial charge in [-0.1, -0.05) is 152 Å². The lowest BCUT2D eigenvalue weighted by Crippen LogP contribution is -2.29. The standard InChI is InChI=1S/C39H67O9P/c1-3-5-7-8-9-10-11-12-16-19-22-25-28-32-38(41)46-34-37(35-47-49(43,44)45)48-39(42)33-29-26-23-20-17-14-13-15-18-21-24-27-31-36(40)30-6-4-2/h6,13-14,18,20-21,23-24,27,30,36-37,40H,3-5,7-12,15-17,19,22,25-26,28-29,31-35H2,1-2H3,(H2,43,44,45)/b14-13-,21-18-,23-20-,27-24+,30-6-/t36?,37-/m1/s1. The Morgan fingerprint density at radius 2 is 1.20 bits per heavy atom. The number of carbonyl (C=O) groups excluding carboxylic acids is 2. The van der Waals surface area contributed by atoms with Gasteiger partial charge in [-0.15, -0.1) is 0 Å². The fourth-order valence-electron chi connectivity index (χ4n) is 4.84. The third-order valence-electron chi connectivity index (χ3n) is 7.63. The van der Waals surface area contributed by atoms with E-state index in [0.29, 0.717) is 25.7 Å². The molecule has 0 bridgehead atoms. The minimum atomic E-state index is -4.78. The van der Waals surface area contributed by atoms with Crippen molar-refractivity contribution in [3.63, 3.8) is 0 Å². The van der Waals surface area contributed by atoms with Gasteiger partial charge in [-0.2, -0.15) is 0 Å². The Labute approximate surface area is 297 Å². The predicted octanol–water partition coefficient (Wildman–Crippen LogP) is 9.92. The lowest BCUT2D eigenvalue weighted by atomic mass is 10.0. The van der Waals surface area contributed by atoms with Crippen molar-refractivity contribution in [3.8, 4) is 0 Å². The molecule has 0 amide bonds. The summed E-state index contributed by atoms with van der Waals surface area (Å²) in [4.78, 5) is 42.6. The van der Waals surface area contributed by atoms with Gasteiger partial charge < -0.3 is 24.4 Å². The van der Waals surface area contributed by atoms with E-state index in [1.165, 1.54) is 57.8 Å². The summed E-state index contributed by atoms with van der Waals surface area (Å²) in [6.07, 6.45) is 38.6. The number of hydrogen-bond donors (Lipinski definition) is 3. The van der Waals surface area contributed by atoms with Crippen LogP contribution in [0.5, 0.6) is 0 Å². The van der Waals surface area contributed by atoms with Gasteiger partial charge in [0.2, 0.25) is 0 Å². The maximum absolute atomic E-state index is 12.3. The van der Waals surface area contributed by atoms with Crippen molar-refractivity contribution in [3.05, 3.63) is 60.8 Å². The van der Waals surface area contributed by atoms with E-state index in [1.54, 1.807) is 0 Å². The summed E-state index contributed by atoms with van der Waals surface area (Å²) in [5.41, 5.74) is 0. The van der Waals surface area contributed by atoms with Crippen molar-refractivity contribution in [1.82, 2.24) is 0 Å². The molecule has 0 spiro atoms. The van der Waals surface area contributed by atoms with Gasteiger partial charge in [0.25, 0.3) is 0 Å². The number of aliphatic hydroxyl groups is 1. The topological polar surface area (TPSA) is 140 Å². The maximum atomic E-state index is 12.3. The lowest BCUT2D eigenvalue weighted by Gasteiger charge is -2.18. The van der Waals surface area contributed by atoms with E-state index in [0.717, 1.165) is 38.5 Å². The van der Waals surface area contributed by atoms with Gasteiger partial charge in [0.05, 0.1) is 12.7 Å². The fraction of sp³-hybridized carbons (Fsp3) is 0.692. The maximum Gasteiger partial charge on any atom is 0.469 e. The average molecular weight is 711 g/mol. The molecular weight excluding hydrogens is 643 g/mol. The van der Waals surface area contributed by atoms with Crippen LogP contribution in [0.15, 0.2) is 60.8 Å². The molecule has 0 rings (SSSR count). The van der Waals surface area contributed by atoms with Crippen LogP contribution < -0.4 is 0 Å². The SMILES string of the molecule is CC/C=C\C(O)C/C=C/C=C\C/C=C\C/C=C\CCCC(=O)O[C@H](COC(=O)CCCCCCCCCCCCCCC)COP(=O)(O)O. The number of esters is 2. The van der Waals surface area contributed by atoms with Crippen LogP contribution >= 0.6 is 7.82 Å². The molecule has 49 heavy (non-hydrogen) atoms. The highest BCUT2D eigenvalue weighted by atomic mass is 31.2. The second-order valence-corrected chi connectivity index (χ2v) is 13.6. The summed E-state index contributed by atoms with van der Waals surface area (Å²) < 4.78 is 26.2. The molecule has 0 aromatic carbocycles. The number of hydrogen-bond acceptors (Lipinski definition) is 7. The highest BCUT2D eigenvalue weighted by Gasteiger charge is 2.22. The number of rotatable bonds is 33. The van der Waals surface area contributed by atoms with Crippen LogP contribution in [0.25, 0.3) is 0 Å². The molecule has 0 fully saturated rings. The van der Waals surface area contributed by atoms with Gasteiger partial charge in [-0.25, -0.2) is 4.57 Å². The first kappa shape index (κ1) is 46.7. The molecule has 0 aromatic heterocycles. The third kappa shape index (κ3) is 36.8. The van der Waals surface area contributed by atoms with Crippen molar-refractivity contribution < 1.29 is 43.0 Å². The molecule has 0 aliphatic heterocycles. The Kier molecular flexibility index (Phi) is 32.6. The van der Waals surface area contributed by atoms with Crippen LogP contribution in [-0.2, 0) is 28.2 Å². The van der Waals surface area contributed by atoms with E-state index < -0.39 is 38.6 Å². The molecule has 0 aliphatic carbocycles. The highest BCUT2D eigenvalue weighted by Crippen LogP contribution is 2.36. The summed E-state index contributed by atoms with van der Waals surface area (Å²) in [5, 5.41) is 9.73. The molecular formula is C39H67O9P. The van der Waals surface area contributed by atoms with E-state index in [1.807, 2.05) is 55.5 Å². The Balaban J connectivity index is 4.13. The average Bonchev–Trinajstić information content (AvgIpc) is 3.06. The lowest BCUT2D eigenvalue weighted by molar-refractivity contribution is -0.161. The van der Waals surface area contributed by atoms with E-state index in [-0.39, 0.29) is 19.4 Å². The molecule has 0 aromatic rings. The van der Waals surface area contributed by atoms with Crippen molar-refractivity contribution in [2.75, 3.05) is 13.2 Å². The van der Waals surface area contributed by atoms with Crippen LogP contribution in [-0.4, -0.2) is 52.3 Å². The number of ether oxygens (including phenoxy) is 2. The van der Waals surface area contributed by atoms with Crippen LogP contribution in [0.2, 0.25) is 0 Å². The molecule has 0 heterocycles. The summed E-state index contributed by atoms with van der Waals surface area (Å²) in [7, 11) is -4.78. The van der Waals surface area contributed by atoms with Crippen LogP contribution in [0.1, 0.15) is 149 Å². The molecule has 0 saturated carbocycles. The van der Waals surface area contributed by atoms with Gasteiger partial charge in [0.15, 0.2) is 6.10 Å². The number of allylic oxidation sites excluding steroid dienone is 8. The Bertz CT molecular complexity index is 996. The molecule has 9 nitrogen and oxygen atoms in total. The van der Waals surface area contributed by atoms with Gasteiger partial charge >= 0.3 is 19.8 Å². The summed E-state index contributed by atoms with van der Waals surface area (Å²) in [5.74, 6) is -0.980. The zero-order valence-electron chi connectivity index (χ0n) is 30.4. The molecule has 1 unspecified atom stereocenters. The second-order valence-electron chi connectivity index (χ2n) is 12.4. The first-order valence-corrected chi connectivity index (χ1v) is 20.2. The Hall–Kier alpha value is -2.29. The van der Waals surface area contributed by atoms with Crippen LogP contribution in [0, 0.1) is 0 Å². The zero-order valence-corrected chi connectivity index (χ0v) is 31.3. The number of carbonyl (C=O) groups is 2. The van der Waals surface area contributed by atoms with Crippen molar-refractivity contribution in [2.24, 2.45) is 0 Å².